The number of amides is 1. The smallest absolute Gasteiger partial charge is 0.225 e. The second-order valence-corrected chi connectivity index (χ2v) is 8.01. The largest absolute Gasteiger partial charge is 0.493 e. The average Bonchev–Trinajstić information content (AvgIpc) is 3.48. The summed E-state index contributed by atoms with van der Waals surface area (Å²) >= 11 is 0. The molecule has 1 aromatic heterocycles. The molecule has 1 aliphatic heterocycles. The minimum atomic E-state index is -0.107. The van der Waals surface area contributed by atoms with E-state index in [1.165, 1.54) is 12.8 Å². The highest BCUT2D eigenvalue weighted by molar-refractivity contribution is 5.85. The fourth-order valence-corrected chi connectivity index (χ4v) is 4.42. The summed E-state index contributed by atoms with van der Waals surface area (Å²) in [6.07, 6.45) is 8.64. The molecule has 2 aliphatic rings. The molecule has 2 atom stereocenters. The molecule has 0 unspecified atom stereocenters. The molecule has 1 aromatic carbocycles. The predicted octanol–water partition coefficient (Wildman–Crippen LogP) is 2.79. The lowest BCUT2D eigenvalue weighted by Gasteiger charge is -2.21. The lowest BCUT2D eigenvalue weighted by molar-refractivity contribution is -0.125. The van der Waals surface area contributed by atoms with Crippen LogP contribution in [0.15, 0.2) is 30.6 Å². The van der Waals surface area contributed by atoms with Crippen LogP contribution in [0.3, 0.4) is 0 Å². The summed E-state index contributed by atoms with van der Waals surface area (Å²) in [5, 5.41) is 10.7. The summed E-state index contributed by atoms with van der Waals surface area (Å²) in [5.74, 6) is 1.57. The van der Waals surface area contributed by atoms with Crippen molar-refractivity contribution in [3.63, 3.8) is 0 Å². The third kappa shape index (κ3) is 4.90. The lowest BCUT2D eigenvalue weighted by Crippen LogP contribution is -2.34. The van der Waals surface area contributed by atoms with Crippen molar-refractivity contribution in [2.75, 3.05) is 20.2 Å². The maximum atomic E-state index is 13.0. The Morgan fingerprint density at radius 1 is 1.30 bits per heavy atom. The van der Waals surface area contributed by atoms with Gasteiger partial charge in [-0.3, -0.25) is 9.48 Å². The van der Waals surface area contributed by atoms with Crippen molar-refractivity contribution in [3.8, 4) is 11.5 Å². The molecule has 164 valence electrons. The first-order valence-corrected chi connectivity index (χ1v) is 10.4. The van der Waals surface area contributed by atoms with Crippen LogP contribution in [0.25, 0.3) is 0 Å². The van der Waals surface area contributed by atoms with Crippen molar-refractivity contribution in [3.05, 3.63) is 41.7 Å². The van der Waals surface area contributed by atoms with Crippen molar-refractivity contribution in [1.82, 2.24) is 20.4 Å². The Morgan fingerprint density at radius 2 is 2.10 bits per heavy atom. The van der Waals surface area contributed by atoms with Gasteiger partial charge in [-0.05, 0) is 37.3 Å². The fraction of sp³-hybridized carbons (Fsp3) is 0.545. The number of hydrogen-bond donors (Lipinski definition) is 2. The zero-order valence-corrected chi connectivity index (χ0v) is 18.4. The molecule has 0 radical (unpaired) electrons. The van der Waals surface area contributed by atoms with Gasteiger partial charge in [-0.15, -0.1) is 12.4 Å². The van der Waals surface area contributed by atoms with Crippen LogP contribution < -0.4 is 20.1 Å². The lowest BCUT2D eigenvalue weighted by atomic mass is 9.90. The molecule has 2 fully saturated rings. The summed E-state index contributed by atoms with van der Waals surface area (Å²) in [7, 11) is 3.55. The first-order valence-electron chi connectivity index (χ1n) is 10.4. The summed E-state index contributed by atoms with van der Waals surface area (Å²) in [5.41, 5.74) is 2.05. The number of para-hydroxylation sites is 1. The van der Waals surface area contributed by atoms with E-state index in [0.717, 1.165) is 42.0 Å². The van der Waals surface area contributed by atoms with Crippen LogP contribution in [0.1, 0.15) is 42.7 Å². The fourth-order valence-electron chi connectivity index (χ4n) is 4.42. The first kappa shape index (κ1) is 22.4. The SMILES string of the molecule is COc1cccc(CNC(=O)[C@H]2CNC[C@@H]2c2cnn(C)c2)c1OC1CCCC1.Cl. The van der Waals surface area contributed by atoms with E-state index in [4.69, 9.17) is 9.47 Å². The van der Waals surface area contributed by atoms with Gasteiger partial charge >= 0.3 is 0 Å². The van der Waals surface area contributed by atoms with Crippen molar-refractivity contribution < 1.29 is 14.3 Å². The molecule has 7 nitrogen and oxygen atoms in total. The number of nitrogens with zero attached hydrogens (tertiary/aromatic N) is 2. The topological polar surface area (TPSA) is 77.4 Å². The highest BCUT2D eigenvalue weighted by Crippen LogP contribution is 2.35. The van der Waals surface area contributed by atoms with Gasteiger partial charge in [0, 0.05) is 44.4 Å². The van der Waals surface area contributed by atoms with Gasteiger partial charge in [0.2, 0.25) is 5.91 Å². The molecule has 1 saturated carbocycles. The maximum Gasteiger partial charge on any atom is 0.225 e. The van der Waals surface area contributed by atoms with Crippen LogP contribution in [0.2, 0.25) is 0 Å². The molecule has 1 saturated heterocycles. The number of hydrogen-bond acceptors (Lipinski definition) is 5. The van der Waals surface area contributed by atoms with Gasteiger partial charge in [0.1, 0.15) is 0 Å². The zero-order chi connectivity index (χ0) is 20.2. The van der Waals surface area contributed by atoms with E-state index in [1.807, 2.05) is 37.6 Å². The number of ether oxygens (including phenoxy) is 2. The summed E-state index contributed by atoms with van der Waals surface area (Å²) in [4.78, 5) is 13.0. The van der Waals surface area contributed by atoms with Gasteiger partial charge in [-0.25, -0.2) is 0 Å². The number of carbonyl (C=O) groups is 1. The van der Waals surface area contributed by atoms with E-state index in [1.54, 1.807) is 11.8 Å². The molecule has 30 heavy (non-hydrogen) atoms. The predicted molar refractivity (Wildman–Crippen MR) is 117 cm³/mol. The molecule has 0 bridgehead atoms. The number of nitrogens with one attached hydrogen (secondary N) is 2. The molecular formula is C22H31ClN4O3. The molecule has 4 rings (SSSR count). The zero-order valence-electron chi connectivity index (χ0n) is 17.6. The third-order valence-electron chi connectivity index (χ3n) is 6.02. The van der Waals surface area contributed by atoms with Crippen molar-refractivity contribution in [1.29, 1.82) is 0 Å². The van der Waals surface area contributed by atoms with E-state index in [9.17, 15) is 4.79 Å². The maximum absolute atomic E-state index is 13.0. The van der Waals surface area contributed by atoms with Crippen molar-refractivity contribution in [2.24, 2.45) is 13.0 Å². The summed E-state index contributed by atoms with van der Waals surface area (Å²) in [6.45, 7) is 1.89. The van der Waals surface area contributed by atoms with Crippen molar-refractivity contribution in [2.45, 2.75) is 44.2 Å². The van der Waals surface area contributed by atoms with Crippen LogP contribution in [0.4, 0.5) is 0 Å². The Hall–Kier alpha value is -2.25. The van der Waals surface area contributed by atoms with Gasteiger partial charge in [0.25, 0.3) is 0 Å². The molecule has 2 aromatic rings. The molecular weight excluding hydrogens is 404 g/mol. The third-order valence-corrected chi connectivity index (χ3v) is 6.02. The number of aromatic nitrogens is 2. The van der Waals surface area contributed by atoms with Gasteiger partial charge in [0.05, 0.1) is 25.3 Å². The molecule has 8 heteroatoms. The average molecular weight is 435 g/mol. The normalized spacial score (nSPS) is 21.3. The first-order chi connectivity index (χ1) is 14.2. The number of aryl methyl sites for hydroxylation is 1. The van der Waals surface area contributed by atoms with E-state index in [-0.39, 0.29) is 36.3 Å². The Bertz CT molecular complexity index is 851. The Balaban J connectivity index is 0.00000256. The number of carbonyl (C=O) groups excluding carboxylic acids is 1. The van der Waals surface area contributed by atoms with Gasteiger partial charge in [-0.2, -0.15) is 5.10 Å². The highest BCUT2D eigenvalue weighted by atomic mass is 35.5. The van der Waals surface area contributed by atoms with E-state index in [2.05, 4.69) is 15.7 Å². The second kappa shape index (κ2) is 10.2. The van der Waals surface area contributed by atoms with Crippen LogP contribution in [-0.2, 0) is 18.4 Å². The quantitative estimate of drug-likeness (QED) is 0.700. The Kier molecular flexibility index (Phi) is 7.61. The second-order valence-electron chi connectivity index (χ2n) is 8.01. The van der Waals surface area contributed by atoms with Crippen LogP contribution in [0, 0.1) is 5.92 Å². The summed E-state index contributed by atoms with van der Waals surface area (Å²) < 4.78 is 13.6. The molecule has 1 amide bonds. The van der Waals surface area contributed by atoms with Gasteiger partial charge in [-0.1, -0.05) is 12.1 Å². The number of halogens is 1. The summed E-state index contributed by atoms with van der Waals surface area (Å²) in [6, 6.07) is 5.85. The molecule has 0 spiro atoms. The van der Waals surface area contributed by atoms with E-state index in [0.29, 0.717) is 13.1 Å². The van der Waals surface area contributed by atoms with Crippen molar-refractivity contribution >= 4 is 18.3 Å². The van der Waals surface area contributed by atoms with E-state index < -0.39 is 0 Å². The van der Waals surface area contributed by atoms with Gasteiger partial charge < -0.3 is 20.1 Å². The van der Waals surface area contributed by atoms with Gasteiger partial charge in [0.15, 0.2) is 11.5 Å². The number of benzene rings is 1. The molecule has 1 aliphatic carbocycles. The Labute approximate surface area is 183 Å². The Morgan fingerprint density at radius 3 is 2.80 bits per heavy atom. The molecule has 2 N–H and O–H groups in total. The van der Waals surface area contributed by atoms with E-state index >= 15 is 0 Å². The molecule has 2 heterocycles. The van der Waals surface area contributed by atoms with Crippen LogP contribution in [-0.4, -0.2) is 42.0 Å². The minimum absolute atomic E-state index is 0. The minimum Gasteiger partial charge on any atom is -0.493 e. The monoisotopic (exact) mass is 434 g/mol. The number of methoxy groups -OCH3 is 1. The standard InChI is InChI=1S/C22H30N4O3.ClH/c1-26-14-16(11-25-26)18-12-23-13-19(18)22(27)24-10-15-6-5-9-20(28-2)21(15)29-17-7-3-4-8-17;/h5-6,9,11,14,17-19,23H,3-4,7-8,10,12-13H2,1-2H3,(H,24,27);1H/t18-,19+;/m1./s1. The van der Waals surface area contributed by atoms with Crippen LogP contribution >= 0.6 is 12.4 Å². The van der Waals surface area contributed by atoms with Crippen LogP contribution in [0.5, 0.6) is 11.5 Å². The number of rotatable bonds is 7. The highest BCUT2D eigenvalue weighted by Gasteiger charge is 2.34.